The van der Waals surface area contributed by atoms with Gasteiger partial charge in [0, 0.05) is 19.5 Å². The van der Waals surface area contributed by atoms with E-state index in [0.717, 1.165) is 12.1 Å². The molecule has 20 heavy (non-hydrogen) atoms. The predicted octanol–water partition coefficient (Wildman–Crippen LogP) is 2.70. The normalized spacial score (nSPS) is 24.0. The number of hydrogen-bond acceptors (Lipinski definition) is 2. The molecule has 0 aromatic heterocycles. The lowest BCUT2D eigenvalue weighted by Gasteiger charge is -2.21. The highest BCUT2D eigenvalue weighted by molar-refractivity contribution is 5.74. The third-order valence-electron chi connectivity index (χ3n) is 3.28. The third-order valence-corrected chi connectivity index (χ3v) is 3.28. The Morgan fingerprint density at radius 2 is 2.10 bits per heavy atom. The molecule has 2 unspecified atom stereocenters. The van der Waals surface area contributed by atoms with E-state index in [4.69, 9.17) is 5.11 Å². The molecular weight excluding hydrogens is 278 g/mol. The van der Waals surface area contributed by atoms with Crippen LogP contribution in [0.5, 0.6) is 0 Å². The fourth-order valence-electron chi connectivity index (χ4n) is 2.36. The summed E-state index contributed by atoms with van der Waals surface area (Å²) in [7, 11) is 0. The molecule has 2 rings (SSSR count). The number of alkyl halides is 4. The van der Waals surface area contributed by atoms with Crippen LogP contribution in [0.1, 0.15) is 17.5 Å². The van der Waals surface area contributed by atoms with Gasteiger partial charge in [0.1, 0.15) is 12.2 Å². The maximum atomic E-state index is 13.3. The minimum atomic E-state index is -4.45. The second kappa shape index (κ2) is 5.40. The summed E-state index contributed by atoms with van der Waals surface area (Å²) in [6.07, 6.45) is -5.84. The van der Waals surface area contributed by atoms with Crippen LogP contribution in [0, 0.1) is 0 Å². The molecular formula is C13H13F4NO2. The molecule has 0 aliphatic carbocycles. The highest BCUT2D eigenvalue weighted by atomic mass is 19.4. The zero-order valence-corrected chi connectivity index (χ0v) is 10.4. The van der Waals surface area contributed by atoms with Gasteiger partial charge in [-0.25, -0.2) is 4.39 Å². The number of rotatable bonds is 3. The second-order valence-electron chi connectivity index (χ2n) is 4.81. The van der Waals surface area contributed by atoms with Crippen LogP contribution in [0.3, 0.4) is 0 Å². The van der Waals surface area contributed by atoms with Gasteiger partial charge in [0.2, 0.25) is 0 Å². The number of carboxylic acids is 1. The average Bonchev–Trinajstić information content (AvgIpc) is 2.69. The average molecular weight is 291 g/mol. The Labute approximate surface area is 112 Å². The van der Waals surface area contributed by atoms with Gasteiger partial charge in [0.25, 0.3) is 0 Å². The maximum absolute atomic E-state index is 13.3. The van der Waals surface area contributed by atoms with Gasteiger partial charge in [0.05, 0.1) is 5.56 Å². The highest BCUT2D eigenvalue weighted by Crippen LogP contribution is 2.30. The summed E-state index contributed by atoms with van der Waals surface area (Å²) in [5, 5.41) is 8.97. The summed E-state index contributed by atoms with van der Waals surface area (Å²) in [6, 6.07) is 3.65. The molecule has 1 fully saturated rings. The quantitative estimate of drug-likeness (QED) is 0.871. The van der Waals surface area contributed by atoms with Gasteiger partial charge >= 0.3 is 12.1 Å². The van der Waals surface area contributed by atoms with Crippen LogP contribution in [0.25, 0.3) is 0 Å². The molecule has 1 heterocycles. The van der Waals surface area contributed by atoms with Crippen molar-refractivity contribution in [3.63, 3.8) is 0 Å². The smallest absolute Gasteiger partial charge is 0.416 e. The minimum absolute atomic E-state index is 0.0126. The van der Waals surface area contributed by atoms with Crippen LogP contribution in [0.15, 0.2) is 24.3 Å². The van der Waals surface area contributed by atoms with Gasteiger partial charge in [-0.15, -0.1) is 0 Å². The summed E-state index contributed by atoms with van der Waals surface area (Å²) in [5.41, 5.74) is -0.474. The van der Waals surface area contributed by atoms with Crippen molar-refractivity contribution in [3.05, 3.63) is 35.4 Å². The molecule has 0 radical (unpaired) electrons. The second-order valence-corrected chi connectivity index (χ2v) is 4.81. The van der Waals surface area contributed by atoms with Crippen molar-refractivity contribution in [2.24, 2.45) is 0 Å². The molecule has 1 N–H and O–H groups in total. The van der Waals surface area contributed by atoms with E-state index in [2.05, 4.69) is 0 Å². The van der Waals surface area contributed by atoms with E-state index in [-0.39, 0.29) is 19.5 Å². The summed E-state index contributed by atoms with van der Waals surface area (Å²) >= 11 is 0. The summed E-state index contributed by atoms with van der Waals surface area (Å²) in [6.45, 7) is -0.0888. The first-order valence-electron chi connectivity index (χ1n) is 6.04. The van der Waals surface area contributed by atoms with E-state index < -0.39 is 29.9 Å². The Kier molecular flexibility index (Phi) is 3.99. The number of benzene rings is 1. The molecule has 0 saturated carbocycles. The number of hydrogen-bond donors (Lipinski definition) is 1. The molecule has 1 aliphatic rings. The molecule has 1 aromatic carbocycles. The molecule has 3 nitrogen and oxygen atoms in total. The van der Waals surface area contributed by atoms with Crippen molar-refractivity contribution in [2.75, 3.05) is 6.54 Å². The SMILES string of the molecule is O=C(O)C1CC(F)CN1Cc1cccc(C(F)(F)F)c1. The van der Waals surface area contributed by atoms with Crippen LogP contribution in [0.2, 0.25) is 0 Å². The van der Waals surface area contributed by atoms with E-state index >= 15 is 0 Å². The molecule has 1 aromatic rings. The number of carbonyl (C=O) groups is 1. The molecule has 1 saturated heterocycles. The van der Waals surface area contributed by atoms with Crippen molar-refractivity contribution in [1.29, 1.82) is 0 Å². The summed E-state index contributed by atoms with van der Waals surface area (Å²) in [4.78, 5) is 12.3. The number of halogens is 4. The van der Waals surface area contributed by atoms with Crippen LogP contribution >= 0.6 is 0 Å². The van der Waals surface area contributed by atoms with Gasteiger partial charge in [-0.2, -0.15) is 13.2 Å². The Hall–Kier alpha value is -1.63. The van der Waals surface area contributed by atoms with Crippen molar-refractivity contribution >= 4 is 5.97 Å². The standard InChI is InChI=1S/C13H13F4NO2/c14-10-5-11(12(19)20)18(7-10)6-8-2-1-3-9(4-8)13(15,16)17/h1-4,10-11H,5-7H2,(H,19,20). The fraction of sp³-hybridized carbons (Fsp3) is 0.462. The van der Waals surface area contributed by atoms with E-state index in [1.807, 2.05) is 0 Å². The van der Waals surface area contributed by atoms with E-state index in [1.165, 1.54) is 17.0 Å². The van der Waals surface area contributed by atoms with Gasteiger partial charge in [0.15, 0.2) is 0 Å². The molecule has 0 bridgehead atoms. The summed E-state index contributed by atoms with van der Waals surface area (Å²) < 4.78 is 51.0. The molecule has 1 aliphatic heterocycles. The highest BCUT2D eigenvalue weighted by Gasteiger charge is 2.37. The Morgan fingerprint density at radius 3 is 2.70 bits per heavy atom. The van der Waals surface area contributed by atoms with Crippen molar-refractivity contribution in [2.45, 2.75) is 31.4 Å². The molecule has 110 valence electrons. The van der Waals surface area contributed by atoms with Crippen LogP contribution < -0.4 is 0 Å². The monoisotopic (exact) mass is 291 g/mol. The molecule has 7 heteroatoms. The first-order chi connectivity index (χ1) is 9.27. The van der Waals surface area contributed by atoms with Crippen LogP contribution in [-0.2, 0) is 17.5 Å². The minimum Gasteiger partial charge on any atom is -0.480 e. The van der Waals surface area contributed by atoms with Crippen molar-refractivity contribution < 1.29 is 27.5 Å². The lowest BCUT2D eigenvalue weighted by molar-refractivity contribution is -0.142. The Morgan fingerprint density at radius 1 is 1.40 bits per heavy atom. The maximum Gasteiger partial charge on any atom is 0.416 e. The number of aliphatic carboxylic acids is 1. The zero-order valence-electron chi connectivity index (χ0n) is 10.4. The molecule has 2 atom stereocenters. The van der Waals surface area contributed by atoms with E-state index in [1.54, 1.807) is 0 Å². The number of nitrogens with zero attached hydrogens (tertiary/aromatic N) is 1. The lowest BCUT2D eigenvalue weighted by atomic mass is 10.1. The first kappa shape index (κ1) is 14.8. The Balaban J connectivity index is 2.15. The van der Waals surface area contributed by atoms with Gasteiger partial charge in [-0.05, 0) is 11.6 Å². The van der Waals surface area contributed by atoms with Crippen LogP contribution in [0.4, 0.5) is 17.6 Å². The lowest BCUT2D eigenvalue weighted by Crippen LogP contribution is -2.35. The van der Waals surface area contributed by atoms with Crippen LogP contribution in [-0.4, -0.2) is 34.7 Å². The van der Waals surface area contributed by atoms with Gasteiger partial charge < -0.3 is 5.11 Å². The molecule has 0 amide bonds. The number of likely N-dealkylation sites (tertiary alicyclic amines) is 1. The van der Waals surface area contributed by atoms with Gasteiger partial charge in [-0.3, -0.25) is 9.69 Å². The topological polar surface area (TPSA) is 40.5 Å². The largest absolute Gasteiger partial charge is 0.480 e. The fourth-order valence-corrected chi connectivity index (χ4v) is 2.36. The van der Waals surface area contributed by atoms with Gasteiger partial charge in [-0.1, -0.05) is 18.2 Å². The Bertz CT molecular complexity index is 503. The van der Waals surface area contributed by atoms with Crippen molar-refractivity contribution in [1.82, 2.24) is 4.90 Å². The first-order valence-corrected chi connectivity index (χ1v) is 6.04. The van der Waals surface area contributed by atoms with Crippen molar-refractivity contribution in [3.8, 4) is 0 Å². The zero-order chi connectivity index (χ0) is 14.9. The summed E-state index contributed by atoms with van der Waals surface area (Å²) in [5.74, 6) is -1.16. The number of carboxylic acid groups (broad SMARTS) is 1. The third kappa shape index (κ3) is 3.27. The molecule has 0 spiro atoms. The van der Waals surface area contributed by atoms with E-state index in [0.29, 0.717) is 5.56 Å². The predicted molar refractivity (Wildman–Crippen MR) is 62.8 cm³/mol. The van der Waals surface area contributed by atoms with E-state index in [9.17, 15) is 22.4 Å².